The Hall–Kier alpha value is -2.89. The van der Waals surface area contributed by atoms with Crippen molar-refractivity contribution in [3.63, 3.8) is 0 Å². The van der Waals surface area contributed by atoms with Crippen LogP contribution in [-0.2, 0) is 18.4 Å². The van der Waals surface area contributed by atoms with Crippen molar-refractivity contribution in [2.45, 2.75) is 13.5 Å². The molecule has 0 saturated heterocycles. The number of nitrogens with one attached hydrogen (secondary N) is 1. The molecule has 0 aliphatic rings. The van der Waals surface area contributed by atoms with Crippen LogP contribution in [0.5, 0.6) is 0 Å². The molecule has 3 aromatic rings. The Kier molecular flexibility index (Phi) is 3.50. The van der Waals surface area contributed by atoms with Crippen LogP contribution in [0.15, 0.2) is 47.4 Å². The minimum absolute atomic E-state index is 0.0459. The summed E-state index contributed by atoms with van der Waals surface area (Å²) >= 11 is 0. The van der Waals surface area contributed by atoms with Crippen LogP contribution in [0.4, 0.5) is 5.82 Å². The van der Waals surface area contributed by atoms with Gasteiger partial charge >= 0.3 is 5.69 Å². The van der Waals surface area contributed by atoms with Crippen molar-refractivity contribution in [3.05, 3.63) is 58.6 Å². The largest absolute Gasteiger partial charge is 0.329 e. The maximum Gasteiger partial charge on any atom is 0.329 e. The Morgan fingerprint density at radius 3 is 2.59 bits per heavy atom. The third-order valence-electron chi connectivity index (χ3n) is 3.53. The van der Waals surface area contributed by atoms with E-state index in [1.165, 1.54) is 9.13 Å². The predicted octanol–water partition coefficient (Wildman–Crippen LogP) is 1.68. The van der Waals surface area contributed by atoms with E-state index in [0.29, 0.717) is 5.82 Å². The van der Waals surface area contributed by atoms with Crippen molar-refractivity contribution in [2.24, 2.45) is 7.05 Å². The third kappa shape index (κ3) is 2.50. The number of nitrogens with zero attached hydrogens (tertiary/aromatic N) is 3. The smallest absolute Gasteiger partial charge is 0.309 e. The number of fused-ring (bicyclic) bond motifs is 1. The van der Waals surface area contributed by atoms with E-state index in [4.69, 9.17) is 0 Å². The first-order chi connectivity index (χ1) is 10.6. The van der Waals surface area contributed by atoms with Gasteiger partial charge in [0, 0.05) is 13.2 Å². The van der Waals surface area contributed by atoms with Gasteiger partial charge in [0.05, 0.1) is 11.0 Å². The number of hydrogen-bond donors (Lipinski definition) is 1. The first-order valence-corrected chi connectivity index (χ1v) is 6.93. The van der Waals surface area contributed by atoms with Gasteiger partial charge in [-0.15, -0.1) is 0 Å². The fourth-order valence-electron chi connectivity index (χ4n) is 2.38. The average Bonchev–Trinajstić information content (AvgIpc) is 2.75. The van der Waals surface area contributed by atoms with Crippen molar-refractivity contribution in [1.29, 1.82) is 0 Å². The average molecular weight is 296 g/mol. The van der Waals surface area contributed by atoms with E-state index in [2.05, 4.69) is 10.3 Å². The summed E-state index contributed by atoms with van der Waals surface area (Å²) in [5.41, 5.74) is 2.34. The number of rotatable bonds is 3. The topological polar surface area (TPSA) is 68.9 Å². The zero-order valence-electron chi connectivity index (χ0n) is 12.4. The number of anilines is 1. The molecule has 2 heterocycles. The molecule has 0 radical (unpaired) electrons. The zero-order chi connectivity index (χ0) is 15.7. The van der Waals surface area contributed by atoms with Crippen LogP contribution in [0.1, 0.15) is 5.56 Å². The highest BCUT2D eigenvalue weighted by Gasteiger charge is 2.13. The van der Waals surface area contributed by atoms with Crippen LogP contribution >= 0.6 is 0 Å². The lowest BCUT2D eigenvalue weighted by Crippen LogP contribution is -2.28. The van der Waals surface area contributed by atoms with Crippen LogP contribution in [0.2, 0.25) is 0 Å². The molecule has 0 saturated carbocycles. The second kappa shape index (κ2) is 5.48. The van der Waals surface area contributed by atoms with Crippen LogP contribution in [-0.4, -0.2) is 20.0 Å². The number of aryl methyl sites for hydroxylation is 2. The minimum Gasteiger partial charge on any atom is -0.309 e. The highest BCUT2D eigenvalue weighted by molar-refractivity contribution is 5.90. The van der Waals surface area contributed by atoms with Crippen molar-refractivity contribution >= 4 is 22.8 Å². The number of para-hydroxylation sites is 2. The Balaban J connectivity index is 1.87. The molecule has 0 unspecified atom stereocenters. The molecule has 22 heavy (non-hydrogen) atoms. The monoisotopic (exact) mass is 296 g/mol. The fraction of sp³-hybridized carbons (Fsp3) is 0.188. The minimum atomic E-state index is -0.283. The summed E-state index contributed by atoms with van der Waals surface area (Å²) in [6.07, 6.45) is 1.68. The summed E-state index contributed by atoms with van der Waals surface area (Å²) in [7, 11) is 1.70. The normalized spacial score (nSPS) is 10.8. The number of imidazole rings is 1. The summed E-state index contributed by atoms with van der Waals surface area (Å²) in [4.78, 5) is 28.5. The highest BCUT2D eigenvalue weighted by atomic mass is 16.2. The van der Waals surface area contributed by atoms with E-state index < -0.39 is 0 Å². The number of benzene rings is 1. The highest BCUT2D eigenvalue weighted by Crippen LogP contribution is 2.11. The lowest BCUT2D eigenvalue weighted by atomic mass is 10.3. The number of pyridine rings is 1. The fourth-order valence-corrected chi connectivity index (χ4v) is 2.38. The van der Waals surface area contributed by atoms with Gasteiger partial charge in [0.1, 0.15) is 12.4 Å². The molecule has 1 amide bonds. The summed E-state index contributed by atoms with van der Waals surface area (Å²) < 4.78 is 2.99. The lowest BCUT2D eigenvalue weighted by molar-refractivity contribution is -0.116. The molecule has 1 aromatic carbocycles. The maximum absolute atomic E-state index is 12.3. The number of hydrogen-bond acceptors (Lipinski definition) is 3. The molecule has 0 aliphatic carbocycles. The molecule has 112 valence electrons. The van der Waals surface area contributed by atoms with Crippen molar-refractivity contribution in [1.82, 2.24) is 14.1 Å². The third-order valence-corrected chi connectivity index (χ3v) is 3.53. The van der Waals surface area contributed by atoms with E-state index in [0.717, 1.165) is 16.6 Å². The first-order valence-electron chi connectivity index (χ1n) is 6.93. The van der Waals surface area contributed by atoms with Gasteiger partial charge in [0.2, 0.25) is 5.91 Å². The Morgan fingerprint density at radius 2 is 1.91 bits per heavy atom. The molecule has 2 aromatic heterocycles. The molecule has 1 N–H and O–H groups in total. The molecule has 0 bridgehead atoms. The van der Waals surface area contributed by atoms with Gasteiger partial charge in [0.15, 0.2) is 0 Å². The van der Waals surface area contributed by atoms with Crippen LogP contribution in [0.25, 0.3) is 11.0 Å². The predicted molar refractivity (Wildman–Crippen MR) is 84.8 cm³/mol. The standard InChI is InChI=1S/C16H16N4O2/c1-11-7-8-14(17-9-11)18-15(21)10-20-13-6-4-3-5-12(13)19(2)16(20)22/h3-9H,10H2,1-2H3,(H,17,18,21). The van der Waals surface area contributed by atoms with Gasteiger partial charge in [-0.05, 0) is 30.7 Å². The van der Waals surface area contributed by atoms with Gasteiger partial charge in [-0.25, -0.2) is 9.78 Å². The second-order valence-corrected chi connectivity index (χ2v) is 5.19. The zero-order valence-corrected chi connectivity index (χ0v) is 12.4. The van der Waals surface area contributed by atoms with E-state index >= 15 is 0 Å². The van der Waals surface area contributed by atoms with Gasteiger partial charge in [-0.2, -0.15) is 0 Å². The molecular weight excluding hydrogens is 280 g/mol. The van der Waals surface area contributed by atoms with Gasteiger partial charge < -0.3 is 5.32 Å². The van der Waals surface area contributed by atoms with Gasteiger partial charge in [-0.3, -0.25) is 13.9 Å². The Bertz CT molecular complexity index is 891. The second-order valence-electron chi connectivity index (χ2n) is 5.19. The first kappa shape index (κ1) is 14.1. The molecule has 0 atom stereocenters. The van der Waals surface area contributed by atoms with E-state index in [-0.39, 0.29) is 18.1 Å². The molecule has 6 heteroatoms. The number of amides is 1. The summed E-state index contributed by atoms with van der Waals surface area (Å²) in [5, 5.41) is 2.70. The quantitative estimate of drug-likeness (QED) is 0.799. The molecule has 0 aliphatic heterocycles. The number of carbonyl (C=O) groups is 1. The molecular formula is C16H16N4O2. The van der Waals surface area contributed by atoms with Crippen LogP contribution < -0.4 is 11.0 Å². The van der Waals surface area contributed by atoms with E-state index in [1.54, 1.807) is 19.3 Å². The van der Waals surface area contributed by atoms with Crippen molar-refractivity contribution in [3.8, 4) is 0 Å². The van der Waals surface area contributed by atoms with Gasteiger partial charge in [0.25, 0.3) is 0 Å². The summed E-state index contributed by atoms with van der Waals surface area (Å²) in [6.45, 7) is 1.88. The molecule has 3 rings (SSSR count). The molecule has 0 spiro atoms. The van der Waals surface area contributed by atoms with E-state index in [9.17, 15) is 9.59 Å². The SMILES string of the molecule is Cc1ccc(NC(=O)Cn2c(=O)n(C)c3ccccc32)nc1. The number of aromatic nitrogens is 3. The lowest BCUT2D eigenvalue weighted by Gasteiger charge is -2.05. The Morgan fingerprint density at radius 1 is 1.18 bits per heavy atom. The van der Waals surface area contributed by atoms with Crippen LogP contribution in [0, 0.1) is 6.92 Å². The van der Waals surface area contributed by atoms with Crippen molar-refractivity contribution in [2.75, 3.05) is 5.32 Å². The Labute approximate surface area is 127 Å². The van der Waals surface area contributed by atoms with Crippen molar-refractivity contribution < 1.29 is 4.79 Å². The number of carbonyl (C=O) groups excluding carboxylic acids is 1. The van der Waals surface area contributed by atoms with Gasteiger partial charge in [-0.1, -0.05) is 18.2 Å². The van der Waals surface area contributed by atoms with E-state index in [1.807, 2.05) is 37.3 Å². The summed E-state index contributed by atoms with van der Waals surface area (Å²) in [6, 6.07) is 11.0. The molecule has 0 fully saturated rings. The maximum atomic E-state index is 12.3. The molecule has 6 nitrogen and oxygen atoms in total. The summed E-state index contributed by atoms with van der Waals surface area (Å²) in [5.74, 6) is 0.193. The van der Waals surface area contributed by atoms with Crippen LogP contribution in [0.3, 0.4) is 0 Å².